The number of carboxylic acid groups (broad SMARTS) is 1. The van der Waals surface area contributed by atoms with Crippen LogP contribution in [-0.4, -0.2) is 29.4 Å². The topological polar surface area (TPSA) is 92.7 Å². The minimum atomic E-state index is -0.999. The molecule has 0 saturated heterocycles. The maximum absolute atomic E-state index is 12.3. The number of para-hydroxylation sites is 1. The summed E-state index contributed by atoms with van der Waals surface area (Å²) in [6, 6.07) is 20.2. The summed E-state index contributed by atoms with van der Waals surface area (Å²) in [5.74, 6) is -0.997. The lowest BCUT2D eigenvalue weighted by atomic mass is 10.1. The normalized spacial score (nSPS) is 10.6. The van der Waals surface area contributed by atoms with Gasteiger partial charge in [-0.1, -0.05) is 36.4 Å². The molecule has 0 fully saturated rings. The molecule has 0 aliphatic heterocycles. The van der Waals surface area contributed by atoms with Gasteiger partial charge in [-0.3, -0.25) is 9.59 Å². The maximum atomic E-state index is 12.3. The van der Waals surface area contributed by atoms with E-state index in [1.165, 1.54) is 18.2 Å². The van der Waals surface area contributed by atoms with Crippen molar-refractivity contribution in [2.24, 2.45) is 0 Å². The molecule has 31 heavy (non-hydrogen) atoms. The van der Waals surface area contributed by atoms with Crippen LogP contribution in [0.4, 0.5) is 5.69 Å². The van der Waals surface area contributed by atoms with Gasteiger partial charge in [0, 0.05) is 11.3 Å². The Balaban J connectivity index is 1.53. The van der Waals surface area contributed by atoms with Gasteiger partial charge in [0.25, 0.3) is 5.91 Å². The van der Waals surface area contributed by atoms with Crippen LogP contribution < -0.4 is 10.1 Å². The first kappa shape index (κ1) is 21.5. The molecular weight excluding hydrogens is 394 g/mol. The number of allylic oxidation sites excluding steroid dienone is 1. The van der Waals surface area contributed by atoms with Gasteiger partial charge in [-0.15, -0.1) is 0 Å². The first-order valence-electron chi connectivity index (χ1n) is 9.56. The van der Waals surface area contributed by atoms with Crippen molar-refractivity contribution in [3.63, 3.8) is 0 Å². The van der Waals surface area contributed by atoms with Crippen molar-refractivity contribution < 1.29 is 24.2 Å². The third-order valence-electron chi connectivity index (χ3n) is 4.51. The van der Waals surface area contributed by atoms with Crippen LogP contribution in [0.5, 0.6) is 5.75 Å². The Hall–Kier alpha value is -4.19. The van der Waals surface area contributed by atoms with E-state index in [0.29, 0.717) is 11.3 Å². The highest BCUT2D eigenvalue weighted by atomic mass is 16.5. The van der Waals surface area contributed by atoms with Crippen molar-refractivity contribution in [1.29, 1.82) is 0 Å². The van der Waals surface area contributed by atoms with Crippen molar-refractivity contribution in [1.82, 2.24) is 0 Å². The molecule has 3 aromatic carbocycles. The Morgan fingerprint density at radius 2 is 1.55 bits per heavy atom. The summed E-state index contributed by atoms with van der Waals surface area (Å²) in [7, 11) is 0. The van der Waals surface area contributed by atoms with E-state index >= 15 is 0 Å². The van der Waals surface area contributed by atoms with E-state index in [2.05, 4.69) is 5.32 Å². The van der Waals surface area contributed by atoms with Crippen LogP contribution in [0.3, 0.4) is 0 Å². The summed E-state index contributed by atoms with van der Waals surface area (Å²) in [4.78, 5) is 35.2. The zero-order valence-electron chi connectivity index (χ0n) is 16.9. The molecule has 6 nitrogen and oxygen atoms in total. The number of aryl methyl sites for hydroxylation is 1. The van der Waals surface area contributed by atoms with Gasteiger partial charge in [0.2, 0.25) is 0 Å². The highest BCUT2D eigenvalue weighted by Crippen LogP contribution is 2.15. The number of rotatable bonds is 8. The number of ether oxygens (including phenoxy) is 1. The fraction of sp³-hybridized carbons (Fsp3) is 0.0800. The van der Waals surface area contributed by atoms with E-state index in [1.54, 1.807) is 42.5 Å². The van der Waals surface area contributed by atoms with E-state index in [1.807, 2.05) is 31.2 Å². The first-order valence-corrected chi connectivity index (χ1v) is 9.56. The Kier molecular flexibility index (Phi) is 6.96. The number of nitrogens with one attached hydrogen (secondary N) is 1. The molecule has 0 atom stereocenters. The molecule has 0 unspecified atom stereocenters. The maximum Gasteiger partial charge on any atom is 0.335 e. The number of ketones is 1. The summed E-state index contributed by atoms with van der Waals surface area (Å²) < 4.78 is 5.49. The predicted molar refractivity (Wildman–Crippen MR) is 119 cm³/mol. The summed E-state index contributed by atoms with van der Waals surface area (Å²) >= 11 is 0. The third-order valence-corrected chi connectivity index (χ3v) is 4.51. The Morgan fingerprint density at radius 3 is 2.19 bits per heavy atom. The lowest BCUT2D eigenvalue weighted by Gasteiger charge is -2.09. The SMILES string of the molecule is Cc1ccccc1NC(=O)COc1ccc(C(=O)/C=C/c2ccc(C(=O)O)cc2)cc1. The molecule has 156 valence electrons. The van der Waals surface area contributed by atoms with Crippen LogP contribution in [0.1, 0.15) is 31.8 Å². The quantitative estimate of drug-likeness (QED) is 0.414. The number of carboxylic acids is 1. The zero-order valence-corrected chi connectivity index (χ0v) is 16.9. The number of hydrogen-bond acceptors (Lipinski definition) is 4. The molecule has 0 radical (unpaired) electrons. The van der Waals surface area contributed by atoms with Gasteiger partial charge in [0.1, 0.15) is 5.75 Å². The van der Waals surface area contributed by atoms with Gasteiger partial charge in [-0.05, 0) is 66.6 Å². The molecule has 0 aliphatic carbocycles. The minimum Gasteiger partial charge on any atom is -0.484 e. The molecule has 1 amide bonds. The molecule has 3 rings (SSSR count). The zero-order chi connectivity index (χ0) is 22.2. The van der Waals surface area contributed by atoms with Crippen molar-refractivity contribution >= 4 is 29.4 Å². The number of amides is 1. The van der Waals surface area contributed by atoms with E-state index in [0.717, 1.165) is 16.8 Å². The summed E-state index contributed by atoms with van der Waals surface area (Å²) in [6.45, 7) is 1.76. The number of anilines is 1. The van der Waals surface area contributed by atoms with Crippen LogP contribution in [0.25, 0.3) is 6.08 Å². The highest BCUT2D eigenvalue weighted by Gasteiger charge is 2.07. The van der Waals surface area contributed by atoms with E-state index in [9.17, 15) is 14.4 Å². The van der Waals surface area contributed by atoms with Gasteiger partial charge in [0.15, 0.2) is 12.4 Å². The number of aromatic carboxylic acids is 1. The fourth-order valence-electron chi connectivity index (χ4n) is 2.77. The van der Waals surface area contributed by atoms with Crippen LogP contribution in [-0.2, 0) is 4.79 Å². The molecule has 0 saturated carbocycles. The van der Waals surface area contributed by atoms with E-state index in [-0.39, 0.29) is 23.9 Å². The van der Waals surface area contributed by atoms with Crippen LogP contribution in [0.2, 0.25) is 0 Å². The monoisotopic (exact) mass is 415 g/mol. The number of carbonyl (C=O) groups is 3. The average molecular weight is 415 g/mol. The molecule has 2 N–H and O–H groups in total. The van der Waals surface area contributed by atoms with Gasteiger partial charge in [-0.25, -0.2) is 4.79 Å². The summed E-state index contributed by atoms with van der Waals surface area (Å²) in [6.07, 6.45) is 3.04. The Labute approximate surface area is 179 Å². The lowest BCUT2D eigenvalue weighted by molar-refractivity contribution is -0.118. The predicted octanol–water partition coefficient (Wildman–Crippen LogP) is 4.61. The molecule has 0 heterocycles. The highest BCUT2D eigenvalue weighted by molar-refractivity contribution is 6.06. The first-order chi connectivity index (χ1) is 14.9. The largest absolute Gasteiger partial charge is 0.484 e. The van der Waals surface area contributed by atoms with Gasteiger partial charge in [-0.2, -0.15) is 0 Å². The minimum absolute atomic E-state index is 0.145. The number of carbonyl (C=O) groups excluding carboxylic acids is 2. The van der Waals surface area contributed by atoms with E-state index in [4.69, 9.17) is 9.84 Å². The second kappa shape index (κ2) is 10.0. The molecule has 3 aromatic rings. The summed E-state index contributed by atoms with van der Waals surface area (Å²) in [5, 5.41) is 11.7. The van der Waals surface area contributed by atoms with Crippen molar-refractivity contribution in [3.05, 3.63) is 101 Å². The third kappa shape index (κ3) is 6.14. The van der Waals surface area contributed by atoms with Crippen molar-refractivity contribution in [2.45, 2.75) is 6.92 Å². The van der Waals surface area contributed by atoms with E-state index < -0.39 is 5.97 Å². The Morgan fingerprint density at radius 1 is 0.903 bits per heavy atom. The molecule has 0 spiro atoms. The van der Waals surface area contributed by atoms with Gasteiger partial charge in [0.05, 0.1) is 5.56 Å². The smallest absolute Gasteiger partial charge is 0.335 e. The second-order valence-corrected chi connectivity index (χ2v) is 6.80. The second-order valence-electron chi connectivity index (χ2n) is 6.80. The number of hydrogen-bond donors (Lipinski definition) is 2. The van der Waals surface area contributed by atoms with Crippen LogP contribution in [0.15, 0.2) is 78.9 Å². The van der Waals surface area contributed by atoms with Gasteiger partial charge >= 0.3 is 5.97 Å². The molecular formula is C25H21NO5. The summed E-state index contributed by atoms with van der Waals surface area (Å²) in [5.41, 5.74) is 3.07. The van der Waals surface area contributed by atoms with Crippen LogP contribution >= 0.6 is 0 Å². The number of benzene rings is 3. The average Bonchev–Trinajstić information content (AvgIpc) is 2.78. The lowest BCUT2D eigenvalue weighted by Crippen LogP contribution is -2.20. The molecule has 6 heteroatoms. The van der Waals surface area contributed by atoms with Crippen molar-refractivity contribution in [3.8, 4) is 5.75 Å². The van der Waals surface area contributed by atoms with Crippen molar-refractivity contribution in [2.75, 3.05) is 11.9 Å². The molecule has 0 aliphatic rings. The van der Waals surface area contributed by atoms with Gasteiger partial charge < -0.3 is 15.2 Å². The molecule has 0 bridgehead atoms. The fourth-order valence-corrected chi connectivity index (χ4v) is 2.77. The Bertz CT molecular complexity index is 1120. The van der Waals surface area contributed by atoms with Crippen LogP contribution in [0, 0.1) is 6.92 Å². The molecule has 0 aromatic heterocycles. The standard InChI is InChI=1S/C25H21NO5/c1-17-4-2-3-5-22(17)26-24(28)16-31-21-13-11-19(12-14-21)23(27)15-8-18-6-9-20(10-7-18)25(29)30/h2-15H,16H2,1H3,(H,26,28)(H,29,30)/b15-8+.